The van der Waals surface area contributed by atoms with Gasteiger partial charge in [-0.2, -0.15) is 0 Å². The lowest BCUT2D eigenvalue weighted by molar-refractivity contribution is -0.256. The molecule has 0 amide bonds. The van der Waals surface area contributed by atoms with Crippen LogP contribution in [0.25, 0.3) is 0 Å². The molecule has 3 saturated carbocycles. The molecule has 54 heavy (non-hydrogen) atoms. The minimum atomic E-state index is -1.24. The molecule has 0 radical (unpaired) electrons. The molecule has 294 valence electrons. The number of hydrogen-bond donors (Lipinski definition) is 7. The van der Waals surface area contributed by atoms with Gasteiger partial charge in [-0.1, -0.05) is 72.9 Å². The normalized spacial score (nSPS) is 39.0. The fourth-order valence-corrected chi connectivity index (χ4v) is 12.0. The summed E-state index contributed by atoms with van der Waals surface area (Å²) in [5.41, 5.74) is 3.03. The van der Waals surface area contributed by atoms with Crippen molar-refractivity contribution in [2.45, 2.75) is 109 Å². The second-order valence-corrected chi connectivity index (χ2v) is 17.3. The Balaban J connectivity index is 1.36. The van der Waals surface area contributed by atoms with Crippen LogP contribution >= 0.6 is 0 Å². The largest absolute Gasteiger partial charge is 0.396 e. The Morgan fingerprint density at radius 3 is 2.54 bits per heavy atom. The highest BCUT2D eigenvalue weighted by atomic mass is 16.3. The fourth-order valence-electron chi connectivity index (χ4n) is 12.0. The summed E-state index contributed by atoms with van der Waals surface area (Å²) in [6, 6.07) is 8.76. The minimum Gasteiger partial charge on any atom is -0.396 e. The summed E-state index contributed by atoms with van der Waals surface area (Å²) in [5.74, 6) is -0.189. The SMILES string of the molecule is C=C(C=CC=C(CO)C12CCC34C(=C(C)C=O)C(C=CC3CCO)CC(O)(CCNC)C4(CC1)C2O)C1CC=C(C)C(O)NC(C)Cc2cccc(c2)C1. The van der Waals surface area contributed by atoms with Crippen LogP contribution in [0.3, 0.4) is 0 Å². The lowest BCUT2D eigenvalue weighted by Crippen LogP contribution is -2.73. The average molecular weight is 741 g/mol. The van der Waals surface area contributed by atoms with Gasteiger partial charge in [0, 0.05) is 34.8 Å². The van der Waals surface area contributed by atoms with E-state index in [4.69, 9.17) is 0 Å². The van der Waals surface area contributed by atoms with Gasteiger partial charge >= 0.3 is 0 Å². The molecule has 0 saturated heterocycles. The number of hydrogen-bond acceptors (Lipinski definition) is 8. The van der Waals surface area contributed by atoms with Gasteiger partial charge in [0.05, 0.1) is 18.3 Å². The maximum Gasteiger partial charge on any atom is 0.145 e. The molecule has 8 nitrogen and oxygen atoms in total. The summed E-state index contributed by atoms with van der Waals surface area (Å²) >= 11 is 0. The predicted molar refractivity (Wildman–Crippen MR) is 214 cm³/mol. The van der Waals surface area contributed by atoms with E-state index in [2.05, 4.69) is 66.6 Å². The van der Waals surface area contributed by atoms with Crippen LogP contribution in [0, 0.1) is 34.0 Å². The minimum absolute atomic E-state index is 0.0317. The van der Waals surface area contributed by atoms with Crippen LogP contribution in [0.1, 0.15) is 83.3 Å². The van der Waals surface area contributed by atoms with Crippen LogP contribution in [-0.4, -0.2) is 82.6 Å². The van der Waals surface area contributed by atoms with E-state index in [1.165, 1.54) is 11.1 Å². The molecule has 1 aliphatic heterocycles. The van der Waals surface area contributed by atoms with E-state index >= 15 is 0 Å². The zero-order valence-electron chi connectivity index (χ0n) is 32.9. The molecule has 6 rings (SSSR count). The highest BCUT2D eigenvalue weighted by molar-refractivity contribution is 5.75. The molecule has 4 aliphatic carbocycles. The van der Waals surface area contributed by atoms with Gasteiger partial charge in [0.1, 0.15) is 12.5 Å². The molecule has 1 heterocycles. The van der Waals surface area contributed by atoms with Crippen molar-refractivity contribution < 1.29 is 30.3 Å². The van der Waals surface area contributed by atoms with Crippen molar-refractivity contribution >= 4 is 6.29 Å². The molecular formula is C46H64N2O6. The van der Waals surface area contributed by atoms with E-state index in [1.54, 1.807) is 0 Å². The zero-order valence-corrected chi connectivity index (χ0v) is 32.9. The Morgan fingerprint density at radius 1 is 1.09 bits per heavy atom. The molecule has 7 N–H and O–H groups in total. The number of rotatable bonds is 11. The standard InChI is InChI=1S/C46H64N2O6/c1-30(36-13-12-31(2)41(52)48-33(4)24-34-9-7-10-35(25-34)26-36)8-6-11-39(29-51)43-17-19-45-38(16-23-49)15-14-37(40(45)32(3)28-50)27-44(54,21-22-47-5)46(45,20-18-43)42(43)53/h6-12,14-15,25,28,33,36-38,41-42,47-49,51-54H,1,13,16-24,26-27,29H2,2-5H3. The number of aldehydes is 1. The molecule has 10 unspecified atom stereocenters. The fraction of sp³-hybridized carbons (Fsp3) is 0.587. The molecule has 1 aromatic rings. The van der Waals surface area contributed by atoms with Crippen LogP contribution in [0.5, 0.6) is 0 Å². The monoisotopic (exact) mass is 740 g/mol. The highest BCUT2D eigenvalue weighted by Gasteiger charge is 2.79. The van der Waals surface area contributed by atoms with Gasteiger partial charge in [-0.25, -0.2) is 0 Å². The predicted octanol–water partition coefficient (Wildman–Crippen LogP) is 5.42. The third-order valence-electron chi connectivity index (χ3n) is 14.6. The maximum atomic E-state index is 13.0. The second kappa shape index (κ2) is 16.3. The molecule has 5 aliphatic rings. The van der Waals surface area contributed by atoms with Gasteiger partial charge in [-0.3, -0.25) is 10.1 Å². The van der Waals surface area contributed by atoms with E-state index < -0.39 is 34.2 Å². The van der Waals surface area contributed by atoms with Gasteiger partial charge in [0.15, 0.2) is 0 Å². The smallest absolute Gasteiger partial charge is 0.145 e. The Hall–Kier alpha value is -2.95. The van der Waals surface area contributed by atoms with Gasteiger partial charge in [0.25, 0.3) is 0 Å². The van der Waals surface area contributed by atoms with E-state index in [-0.39, 0.29) is 37.0 Å². The van der Waals surface area contributed by atoms with Crippen LogP contribution < -0.4 is 10.6 Å². The number of aliphatic hydroxyl groups excluding tert-OH is 4. The Morgan fingerprint density at radius 2 is 1.83 bits per heavy atom. The van der Waals surface area contributed by atoms with Crippen molar-refractivity contribution in [3.05, 3.63) is 106 Å². The van der Waals surface area contributed by atoms with Crippen LogP contribution in [0.4, 0.5) is 0 Å². The molecule has 3 fully saturated rings. The summed E-state index contributed by atoms with van der Waals surface area (Å²) in [5, 5.41) is 64.8. The van der Waals surface area contributed by atoms with Crippen molar-refractivity contribution in [3.63, 3.8) is 0 Å². The first kappa shape index (κ1) is 40.7. The number of carbonyl (C=O) groups excluding carboxylic acids is 1. The van der Waals surface area contributed by atoms with Gasteiger partial charge in [-0.15, -0.1) is 0 Å². The van der Waals surface area contributed by atoms with E-state index in [0.717, 1.165) is 41.4 Å². The van der Waals surface area contributed by atoms with Crippen LogP contribution in [0.2, 0.25) is 0 Å². The van der Waals surface area contributed by atoms with Crippen molar-refractivity contribution in [1.82, 2.24) is 10.6 Å². The van der Waals surface area contributed by atoms with E-state index in [9.17, 15) is 30.3 Å². The van der Waals surface area contributed by atoms with Gasteiger partial charge in [0.2, 0.25) is 0 Å². The number of fused-ring (bicyclic) bond motifs is 4. The van der Waals surface area contributed by atoms with E-state index in [1.807, 2.05) is 39.1 Å². The molecule has 1 aromatic carbocycles. The van der Waals surface area contributed by atoms with Crippen LogP contribution in [0.15, 0.2) is 95.2 Å². The molecule has 0 aromatic heterocycles. The third-order valence-corrected chi connectivity index (χ3v) is 14.6. The summed E-state index contributed by atoms with van der Waals surface area (Å²) in [4.78, 5) is 12.5. The second-order valence-electron chi connectivity index (χ2n) is 17.3. The molecule has 2 spiro atoms. The summed E-state index contributed by atoms with van der Waals surface area (Å²) in [6.07, 6.45) is 17.6. The lowest BCUT2D eigenvalue weighted by atomic mass is 9.34. The molecule has 8 heteroatoms. The Bertz CT molecular complexity index is 1730. The third kappa shape index (κ3) is 6.70. The van der Waals surface area contributed by atoms with Crippen molar-refractivity contribution in [3.8, 4) is 0 Å². The number of carbonyl (C=O) groups is 1. The molecule has 10 atom stereocenters. The first-order valence-electron chi connectivity index (χ1n) is 20.2. The number of allylic oxidation sites excluding steroid dienone is 9. The number of nitrogens with one attached hydrogen (secondary N) is 2. The summed E-state index contributed by atoms with van der Waals surface area (Å²) in [7, 11) is 1.87. The van der Waals surface area contributed by atoms with Crippen molar-refractivity contribution in [2.75, 3.05) is 26.8 Å². The number of benzene rings is 1. The number of aliphatic hydroxyl groups is 5. The van der Waals surface area contributed by atoms with Crippen molar-refractivity contribution in [2.24, 2.45) is 34.0 Å². The maximum absolute atomic E-state index is 13.0. The Labute approximate surface area is 322 Å². The molecular weight excluding hydrogens is 677 g/mol. The topological polar surface area (TPSA) is 142 Å². The van der Waals surface area contributed by atoms with E-state index in [0.29, 0.717) is 63.5 Å². The first-order chi connectivity index (χ1) is 25.9. The quantitative estimate of drug-likeness (QED) is 0.0691. The molecule has 6 bridgehead atoms. The summed E-state index contributed by atoms with van der Waals surface area (Å²) in [6.45, 7) is 10.7. The lowest BCUT2D eigenvalue weighted by Gasteiger charge is -2.71. The first-order valence-corrected chi connectivity index (χ1v) is 20.2. The highest BCUT2D eigenvalue weighted by Crippen LogP contribution is 2.80. The van der Waals surface area contributed by atoms with Crippen LogP contribution in [-0.2, 0) is 17.6 Å². The zero-order chi connectivity index (χ0) is 38.9. The van der Waals surface area contributed by atoms with Gasteiger partial charge in [-0.05, 0) is 144 Å². The van der Waals surface area contributed by atoms with Gasteiger partial charge < -0.3 is 30.8 Å². The van der Waals surface area contributed by atoms with Crippen molar-refractivity contribution in [1.29, 1.82) is 0 Å². The average Bonchev–Trinajstić information content (AvgIpc) is 3.35. The Kier molecular flexibility index (Phi) is 12.3. The summed E-state index contributed by atoms with van der Waals surface area (Å²) < 4.78 is 0.